The minimum absolute atomic E-state index is 0.0197. The van der Waals surface area contributed by atoms with Crippen molar-refractivity contribution >= 4 is 17.3 Å². The summed E-state index contributed by atoms with van der Waals surface area (Å²) < 4.78 is 5.69. The lowest BCUT2D eigenvalue weighted by atomic mass is 10.2. The number of rotatable bonds is 4. The minimum Gasteiger partial charge on any atom is -0.438 e. The van der Waals surface area contributed by atoms with E-state index in [2.05, 4.69) is 9.97 Å². The number of ether oxygens (including phenoxy) is 1. The Bertz CT molecular complexity index is 661. The van der Waals surface area contributed by atoms with Gasteiger partial charge in [0.25, 0.3) is 5.69 Å². The molecule has 0 atom stereocenters. The number of non-ortho nitro benzene ring substituents is 1. The molecule has 0 saturated carbocycles. The van der Waals surface area contributed by atoms with Gasteiger partial charge in [-0.2, -0.15) is 0 Å². The quantitative estimate of drug-likeness (QED) is 0.488. The topological polar surface area (TPSA) is 78.2 Å². The number of nitro groups is 1. The van der Waals surface area contributed by atoms with E-state index in [9.17, 15) is 10.1 Å². The smallest absolute Gasteiger partial charge is 0.269 e. The van der Waals surface area contributed by atoms with Crippen molar-refractivity contribution < 1.29 is 9.66 Å². The van der Waals surface area contributed by atoms with Crippen LogP contribution in [0.5, 0.6) is 11.6 Å². The highest BCUT2D eigenvalue weighted by molar-refractivity contribution is 6.30. The molecule has 2 rings (SSSR count). The van der Waals surface area contributed by atoms with Gasteiger partial charge in [0.2, 0.25) is 5.88 Å². The molecule has 1 aromatic carbocycles. The molecule has 0 radical (unpaired) electrons. The number of aryl methyl sites for hydroxylation is 1. The van der Waals surface area contributed by atoms with E-state index in [0.29, 0.717) is 34.3 Å². The molecule has 0 aliphatic carbocycles. The average molecular weight is 294 g/mol. The van der Waals surface area contributed by atoms with Gasteiger partial charge >= 0.3 is 0 Å². The summed E-state index contributed by atoms with van der Waals surface area (Å²) >= 11 is 5.98. The maximum Gasteiger partial charge on any atom is 0.269 e. The van der Waals surface area contributed by atoms with Gasteiger partial charge in [-0.15, -0.1) is 0 Å². The molecule has 0 amide bonds. The second-order valence-corrected chi connectivity index (χ2v) is 4.47. The van der Waals surface area contributed by atoms with Gasteiger partial charge in [0.05, 0.1) is 10.5 Å². The van der Waals surface area contributed by atoms with Crippen molar-refractivity contribution in [3.05, 3.63) is 50.9 Å². The number of hydrogen-bond donors (Lipinski definition) is 0. The van der Waals surface area contributed by atoms with Crippen molar-refractivity contribution in [3.8, 4) is 11.6 Å². The largest absolute Gasteiger partial charge is 0.438 e. The Balaban J connectivity index is 2.36. The molecule has 0 aliphatic rings. The Morgan fingerprint density at radius 3 is 2.75 bits per heavy atom. The molecule has 1 aromatic heterocycles. The van der Waals surface area contributed by atoms with Crippen LogP contribution in [-0.2, 0) is 6.42 Å². The van der Waals surface area contributed by atoms with E-state index in [1.165, 1.54) is 18.5 Å². The molecule has 2 aromatic rings. The highest BCUT2D eigenvalue weighted by Crippen LogP contribution is 2.30. The Hall–Kier alpha value is -2.21. The van der Waals surface area contributed by atoms with Gasteiger partial charge in [-0.1, -0.05) is 18.5 Å². The van der Waals surface area contributed by atoms with E-state index in [-0.39, 0.29) is 5.69 Å². The third-order valence-electron chi connectivity index (χ3n) is 2.78. The highest BCUT2D eigenvalue weighted by Gasteiger charge is 2.13. The van der Waals surface area contributed by atoms with Crippen LogP contribution in [0, 0.1) is 17.0 Å². The van der Waals surface area contributed by atoms with Crippen molar-refractivity contribution in [2.75, 3.05) is 0 Å². The molecule has 104 valence electrons. The predicted molar refractivity (Wildman–Crippen MR) is 74.3 cm³/mol. The van der Waals surface area contributed by atoms with Crippen molar-refractivity contribution in [3.63, 3.8) is 0 Å². The van der Waals surface area contributed by atoms with Gasteiger partial charge < -0.3 is 4.74 Å². The molecule has 7 heteroatoms. The first kappa shape index (κ1) is 14.2. The lowest BCUT2D eigenvalue weighted by Gasteiger charge is -2.11. The summed E-state index contributed by atoms with van der Waals surface area (Å²) in [4.78, 5) is 18.2. The molecule has 0 aliphatic heterocycles. The molecule has 0 spiro atoms. The highest BCUT2D eigenvalue weighted by atomic mass is 35.5. The second-order valence-electron chi connectivity index (χ2n) is 4.11. The molecule has 0 N–H and O–H groups in total. The lowest BCUT2D eigenvalue weighted by Crippen LogP contribution is -1.98. The molecule has 0 saturated heterocycles. The summed E-state index contributed by atoms with van der Waals surface area (Å²) in [5, 5.41) is 11.0. The fourth-order valence-corrected chi connectivity index (χ4v) is 1.99. The minimum atomic E-state index is -0.449. The van der Waals surface area contributed by atoms with E-state index in [1.54, 1.807) is 13.0 Å². The summed E-state index contributed by atoms with van der Waals surface area (Å²) in [5.74, 6) is 0.865. The van der Waals surface area contributed by atoms with E-state index < -0.39 is 4.92 Å². The summed E-state index contributed by atoms with van der Waals surface area (Å²) in [6.07, 6.45) is 1.94. The average Bonchev–Trinajstić information content (AvgIpc) is 2.41. The Labute approximate surface area is 120 Å². The van der Waals surface area contributed by atoms with Crippen molar-refractivity contribution in [2.24, 2.45) is 0 Å². The third kappa shape index (κ3) is 2.85. The zero-order chi connectivity index (χ0) is 14.7. The monoisotopic (exact) mass is 293 g/mol. The fraction of sp³-hybridized carbons (Fsp3) is 0.231. The van der Waals surface area contributed by atoms with Gasteiger partial charge in [0, 0.05) is 12.1 Å². The van der Waals surface area contributed by atoms with Crippen LogP contribution in [-0.4, -0.2) is 14.9 Å². The fourth-order valence-electron chi connectivity index (χ4n) is 1.73. The van der Waals surface area contributed by atoms with E-state index in [1.807, 2.05) is 6.92 Å². The summed E-state index contributed by atoms with van der Waals surface area (Å²) in [6.45, 7) is 3.65. The number of aromatic nitrogens is 2. The van der Waals surface area contributed by atoms with Crippen molar-refractivity contribution in [1.29, 1.82) is 0 Å². The van der Waals surface area contributed by atoms with Crippen LogP contribution in [0.15, 0.2) is 24.5 Å². The summed E-state index contributed by atoms with van der Waals surface area (Å²) in [6, 6.07) is 4.38. The van der Waals surface area contributed by atoms with Crippen LogP contribution in [0.2, 0.25) is 5.15 Å². The predicted octanol–water partition coefficient (Wildman–Crippen LogP) is 3.70. The first-order valence-corrected chi connectivity index (χ1v) is 6.33. The normalized spacial score (nSPS) is 10.3. The number of nitro benzene ring substituents is 1. The standard InChI is InChI=1S/C13H12ClN3O3/c1-3-10-12(14)15-7-16-13(10)20-11-5-4-9(17(18)19)6-8(11)2/h4-7H,3H2,1-2H3. The Morgan fingerprint density at radius 2 is 2.15 bits per heavy atom. The van der Waals surface area contributed by atoms with Crippen LogP contribution >= 0.6 is 11.6 Å². The summed E-state index contributed by atoms with van der Waals surface area (Å²) in [5.41, 5.74) is 1.37. The van der Waals surface area contributed by atoms with Crippen molar-refractivity contribution in [2.45, 2.75) is 20.3 Å². The van der Waals surface area contributed by atoms with E-state index in [4.69, 9.17) is 16.3 Å². The zero-order valence-electron chi connectivity index (χ0n) is 11.0. The number of benzene rings is 1. The number of halogens is 1. The Kier molecular flexibility index (Phi) is 4.14. The van der Waals surface area contributed by atoms with Gasteiger partial charge in [-0.25, -0.2) is 9.97 Å². The number of hydrogen-bond acceptors (Lipinski definition) is 5. The molecule has 1 heterocycles. The molecule has 0 unspecified atom stereocenters. The first-order valence-electron chi connectivity index (χ1n) is 5.95. The number of nitrogens with zero attached hydrogens (tertiary/aromatic N) is 3. The van der Waals surface area contributed by atoms with Crippen molar-refractivity contribution in [1.82, 2.24) is 9.97 Å². The van der Waals surface area contributed by atoms with Gasteiger partial charge in [-0.3, -0.25) is 10.1 Å². The SMILES string of the molecule is CCc1c(Cl)ncnc1Oc1ccc([N+](=O)[O-])cc1C. The Morgan fingerprint density at radius 1 is 1.40 bits per heavy atom. The summed E-state index contributed by atoms with van der Waals surface area (Å²) in [7, 11) is 0. The molecule has 0 fully saturated rings. The molecule has 6 nitrogen and oxygen atoms in total. The van der Waals surface area contributed by atoms with Crippen LogP contribution in [0.3, 0.4) is 0 Å². The van der Waals surface area contributed by atoms with Crippen LogP contribution in [0.1, 0.15) is 18.1 Å². The van der Waals surface area contributed by atoms with Crippen LogP contribution < -0.4 is 4.74 Å². The van der Waals surface area contributed by atoms with Gasteiger partial charge in [0.1, 0.15) is 17.2 Å². The van der Waals surface area contributed by atoms with Gasteiger partial charge in [-0.05, 0) is 25.0 Å². The van der Waals surface area contributed by atoms with Gasteiger partial charge in [0.15, 0.2) is 0 Å². The van der Waals surface area contributed by atoms with E-state index >= 15 is 0 Å². The molecule has 20 heavy (non-hydrogen) atoms. The first-order chi connectivity index (χ1) is 9.52. The third-order valence-corrected chi connectivity index (χ3v) is 3.11. The molecule has 0 bridgehead atoms. The van der Waals surface area contributed by atoms with Crippen LogP contribution in [0.4, 0.5) is 5.69 Å². The van der Waals surface area contributed by atoms with E-state index in [0.717, 1.165) is 0 Å². The second kappa shape index (κ2) is 5.83. The van der Waals surface area contributed by atoms with Crippen LogP contribution in [0.25, 0.3) is 0 Å². The maximum absolute atomic E-state index is 10.7. The zero-order valence-corrected chi connectivity index (χ0v) is 11.7. The molecular weight excluding hydrogens is 282 g/mol. The molecular formula is C13H12ClN3O3. The lowest BCUT2D eigenvalue weighted by molar-refractivity contribution is -0.384. The maximum atomic E-state index is 10.7.